The molecule has 2 N–H and O–H groups in total. The lowest BCUT2D eigenvalue weighted by Crippen LogP contribution is -2.63. The zero-order valence-electron chi connectivity index (χ0n) is 17.2. The van der Waals surface area contributed by atoms with E-state index in [0.29, 0.717) is 19.6 Å². The molecule has 152 valence electrons. The van der Waals surface area contributed by atoms with E-state index in [4.69, 9.17) is 4.74 Å². The maximum absolute atomic E-state index is 12.0. The van der Waals surface area contributed by atoms with Gasteiger partial charge in [-0.3, -0.25) is 4.99 Å². The Morgan fingerprint density at radius 2 is 1.82 bits per heavy atom. The summed E-state index contributed by atoms with van der Waals surface area (Å²) in [6.45, 7) is 9.52. The lowest BCUT2D eigenvalue weighted by molar-refractivity contribution is 0.00701. The molecule has 1 fully saturated rings. The van der Waals surface area contributed by atoms with Crippen LogP contribution >= 0.6 is 0 Å². The zero-order chi connectivity index (χ0) is 20.1. The normalized spacial score (nSPS) is 17.5. The second-order valence-electron chi connectivity index (χ2n) is 8.20. The molecule has 1 aromatic carbocycles. The molecule has 0 aromatic heterocycles. The van der Waals surface area contributed by atoms with E-state index in [-0.39, 0.29) is 12.1 Å². The Balaban J connectivity index is 1.40. The summed E-state index contributed by atoms with van der Waals surface area (Å²) in [6.07, 6.45) is 4.12. The summed E-state index contributed by atoms with van der Waals surface area (Å²) in [6, 6.07) is 8.78. The smallest absolute Gasteiger partial charge is 0.410 e. The summed E-state index contributed by atoms with van der Waals surface area (Å²) in [4.78, 5) is 20.3. The van der Waals surface area contributed by atoms with Crippen molar-refractivity contribution in [1.82, 2.24) is 15.5 Å². The number of likely N-dealkylation sites (tertiary alicyclic amines) is 1. The van der Waals surface area contributed by atoms with Crippen molar-refractivity contribution in [3.8, 4) is 0 Å². The molecule has 7 heteroatoms. The molecule has 1 amide bonds. The number of carbonyl (C=O) groups is 1. The summed E-state index contributed by atoms with van der Waals surface area (Å²) < 4.78 is 5.38. The molecule has 0 atom stereocenters. The number of guanidine groups is 1. The van der Waals surface area contributed by atoms with E-state index in [9.17, 15) is 4.79 Å². The molecule has 0 spiro atoms. The minimum absolute atomic E-state index is 0.184. The molecule has 28 heavy (non-hydrogen) atoms. The average Bonchev–Trinajstić information content (AvgIpc) is 3.13. The van der Waals surface area contributed by atoms with Gasteiger partial charge < -0.3 is 25.2 Å². The Hall–Kier alpha value is -2.70. The predicted molar refractivity (Wildman–Crippen MR) is 113 cm³/mol. The number of carbonyl (C=O) groups excluding carboxylic acids is 1. The van der Waals surface area contributed by atoms with Crippen LogP contribution in [0.2, 0.25) is 0 Å². The van der Waals surface area contributed by atoms with Crippen LogP contribution in [0.3, 0.4) is 0 Å². The van der Waals surface area contributed by atoms with Gasteiger partial charge in [0.2, 0.25) is 0 Å². The molecular formula is C21H31N5O2. The van der Waals surface area contributed by atoms with Crippen molar-refractivity contribution in [3.05, 3.63) is 42.0 Å². The number of benzene rings is 1. The Morgan fingerprint density at radius 1 is 1.18 bits per heavy atom. The molecule has 3 rings (SSSR count). The number of rotatable bonds is 4. The number of amides is 1. The summed E-state index contributed by atoms with van der Waals surface area (Å²) in [7, 11) is 1.75. The van der Waals surface area contributed by atoms with E-state index in [1.54, 1.807) is 11.9 Å². The van der Waals surface area contributed by atoms with Gasteiger partial charge in [0.1, 0.15) is 5.60 Å². The molecule has 0 radical (unpaired) electrons. The third-order valence-electron chi connectivity index (χ3n) is 4.68. The van der Waals surface area contributed by atoms with Crippen molar-refractivity contribution in [2.45, 2.75) is 39.0 Å². The molecule has 2 heterocycles. The monoisotopic (exact) mass is 385 g/mol. The van der Waals surface area contributed by atoms with E-state index in [0.717, 1.165) is 19.0 Å². The highest BCUT2D eigenvalue weighted by Crippen LogP contribution is 2.18. The van der Waals surface area contributed by atoms with Gasteiger partial charge in [-0.2, -0.15) is 0 Å². The molecular weight excluding hydrogens is 354 g/mol. The first kappa shape index (κ1) is 20.0. The number of nitrogens with zero attached hydrogens (tertiary/aromatic N) is 3. The lowest BCUT2D eigenvalue weighted by atomic mass is 10.1. The van der Waals surface area contributed by atoms with Crippen LogP contribution in [0.5, 0.6) is 0 Å². The fraction of sp³-hybridized carbons (Fsp3) is 0.524. The van der Waals surface area contributed by atoms with Crippen molar-refractivity contribution in [1.29, 1.82) is 0 Å². The highest BCUT2D eigenvalue weighted by molar-refractivity contribution is 5.80. The average molecular weight is 386 g/mol. The van der Waals surface area contributed by atoms with Crippen LogP contribution in [0.1, 0.15) is 26.3 Å². The van der Waals surface area contributed by atoms with E-state index in [1.165, 1.54) is 11.3 Å². The van der Waals surface area contributed by atoms with E-state index >= 15 is 0 Å². The van der Waals surface area contributed by atoms with Crippen LogP contribution in [0, 0.1) is 0 Å². The summed E-state index contributed by atoms with van der Waals surface area (Å²) in [5.41, 5.74) is 1.98. The van der Waals surface area contributed by atoms with Gasteiger partial charge in [0.05, 0.1) is 6.04 Å². The third kappa shape index (κ3) is 5.41. The van der Waals surface area contributed by atoms with Crippen LogP contribution in [0.4, 0.5) is 10.5 Å². The first-order valence-electron chi connectivity index (χ1n) is 9.78. The second kappa shape index (κ2) is 8.54. The summed E-state index contributed by atoms with van der Waals surface area (Å²) in [5, 5.41) is 6.68. The highest BCUT2D eigenvalue weighted by atomic mass is 16.6. The van der Waals surface area contributed by atoms with Gasteiger partial charge in [0, 0.05) is 45.5 Å². The molecule has 0 aliphatic carbocycles. The SMILES string of the molecule is CN=C(NCc1ccc(N2CC=CC2)cc1)NC1CN(C(=O)OC(C)(C)C)C1. The van der Waals surface area contributed by atoms with Gasteiger partial charge in [-0.1, -0.05) is 24.3 Å². The Labute approximate surface area is 167 Å². The number of nitrogens with one attached hydrogen (secondary N) is 2. The van der Waals surface area contributed by atoms with Crippen LogP contribution in [-0.4, -0.2) is 61.8 Å². The zero-order valence-corrected chi connectivity index (χ0v) is 17.2. The maximum atomic E-state index is 12.0. The molecule has 0 unspecified atom stereocenters. The molecule has 2 aliphatic heterocycles. The Morgan fingerprint density at radius 3 is 2.39 bits per heavy atom. The minimum atomic E-state index is -0.464. The van der Waals surface area contributed by atoms with Crippen molar-refractivity contribution in [2.75, 3.05) is 38.1 Å². The highest BCUT2D eigenvalue weighted by Gasteiger charge is 2.34. The van der Waals surface area contributed by atoms with Crippen molar-refractivity contribution < 1.29 is 9.53 Å². The van der Waals surface area contributed by atoms with Gasteiger partial charge in [-0.15, -0.1) is 0 Å². The number of aliphatic imine (C=N–C) groups is 1. The lowest BCUT2D eigenvalue weighted by Gasteiger charge is -2.40. The topological polar surface area (TPSA) is 69.2 Å². The third-order valence-corrected chi connectivity index (χ3v) is 4.68. The summed E-state index contributed by atoms with van der Waals surface area (Å²) >= 11 is 0. The molecule has 0 saturated carbocycles. The van der Waals surface area contributed by atoms with Crippen molar-refractivity contribution >= 4 is 17.7 Å². The van der Waals surface area contributed by atoms with Gasteiger partial charge in [-0.05, 0) is 38.5 Å². The molecule has 1 saturated heterocycles. The quantitative estimate of drug-likeness (QED) is 0.473. The van der Waals surface area contributed by atoms with Crippen LogP contribution in [-0.2, 0) is 11.3 Å². The Kier molecular flexibility index (Phi) is 6.11. The minimum Gasteiger partial charge on any atom is -0.444 e. The molecule has 2 aliphatic rings. The van der Waals surface area contributed by atoms with Crippen LogP contribution in [0.25, 0.3) is 0 Å². The second-order valence-corrected chi connectivity index (χ2v) is 8.20. The number of ether oxygens (including phenoxy) is 1. The van der Waals surface area contributed by atoms with E-state index < -0.39 is 5.60 Å². The number of anilines is 1. The Bertz CT molecular complexity index is 722. The van der Waals surface area contributed by atoms with Crippen LogP contribution in [0.15, 0.2) is 41.4 Å². The fourth-order valence-electron chi connectivity index (χ4n) is 3.13. The molecule has 0 bridgehead atoms. The first-order valence-corrected chi connectivity index (χ1v) is 9.78. The predicted octanol–water partition coefficient (Wildman–Crippen LogP) is 2.35. The van der Waals surface area contributed by atoms with Gasteiger partial charge in [0.15, 0.2) is 5.96 Å². The van der Waals surface area contributed by atoms with Crippen LogP contribution < -0.4 is 15.5 Å². The largest absolute Gasteiger partial charge is 0.444 e. The van der Waals surface area contributed by atoms with Crippen molar-refractivity contribution in [2.24, 2.45) is 4.99 Å². The van der Waals surface area contributed by atoms with Gasteiger partial charge in [0.25, 0.3) is 0 Å². The number of hydrogen-bond acceptors (Lipinski definition) is 4. The van der Waals surface area contributed by atoms with E-state index in [1.807, 2.05) is 20.8 Å². The standard InChI is InChI=1S/C21H31N5O2/c1-21(2,3)28-20(27)26-14-17(15-26)24-19(22-4)23-13-16-7-9-18(10-8-16)25-11-5-6-12-25/h5-10,17H,11-15H2,1-4H3,(H2,22,23,24). The van der Waals surface area contributed by atoms with Crippen molar-refractivity contribution in [3.63, 3.8) is 0 Å². The molecule has 1 aromatic rings. The van der Waals surface area contributed by atoms with Gasteiger partial charge >= 0.3 is 6.09 Å². The first-order chi connectivity index (χ1) is 13.3. The maximum Gasteiger partial charge on any atom is 0.410 e. The molecule has 7 nitrogen and oxygen atoms in total. The number of hydrogen-bond donors (Lipinski definition) is 2. The van der Waals surface area contributed by atoms with E-state index in [2.05, 4.69) is 56.9 Å². The fourth-order valence-corrected chi connectivity index (χ4v) is 3.13. The van der Waals surface area contributed by atoms with Gasteiger partial charge in [-0.25, -0.2) is 4.79 Å². The summed E-state index contributed by atoms with van der Waals surface area (Å²) in [5.74, 6) is 0.738.